The van der Waals surface area contributed by atoms with Gasteiger partial charge in [-0.25, -0.2) is 0 Å². The van der Waals surface area contributed by atoms with Crippen LogP contribution in [0.3, 0.4) is 0 Å². The Hall–Kier alpha value is -0.340. The summed E-state index contributed by atoms with van der Waals surface area (Å²) in [4.78, 5) is 2.85. The first kappa shape index (κ1) is 12.7. The lowest BCUT2D eigenvalue weighted by atomic mass is 9.87. The molecule has 1 N–H and O–H groups in total. The van der Waals surface area contributed by atoms with E-state index in [1.54, 1.807) is 0 Å². The number of piperazine rings is 1. The molecule has 0 radical (unpaired) electrons. The summed E-state index contributed by atoms with van der Waals surface area (Å²) in [5, 5.41) is 3.92. The minimum absolute atomic E-state index is 0.466. The molecule has 18 heavy (non-hydrogen) atoms. The topological polar surface area (TPSA) is 15.3 Å². The van der Waals surface area contributed by atoms with Crippen molar-refractivity contribution in [2.75, 3.05) is 13.1 Å². The Morgan fingerprint density at radius 2 is 1.83 bits per heavy atom. The van der Waals surface area contributed by atoms with E-state index < -0.39 is 0 Å². The molecule has 2 aliphatic carbocycles. The van der Waals surface area contributed by atoms with Gasteiger partial charge in [-0.2, -0.15) is 0 Å². The molecule has 2 nitrogen and oxygen atoms in total. The molecule has 1 atom stereocenters. The molecule has 0 bridgehead atoms. The summed E-state index contributed by atoms with van der Waals surface area (Å²) in [6.07, 6.45) is 13.0. The molecule has 3 rings (SSSR count). The molecule has 0 aromatic heterocycles. The van der Waals surface area contributed by atoms with Crippen molar-refractivity contribution < 1.29 is 0 Å². The van der Waals surface area contributed by atoms with Gasteiger partial charge in [-0.05, 0) is 31.6 Å². The van der Waals surface area contributed by atoms with Crippen molar-refractivity contribution in [2.24, 2.45) is 5.92 Å². The predicted octanol–water partition coefficient (Wildman–Crippen LogP) is 2.95. The van der Waals surface area contributed by atoms with Crippen LogP contribution in [0.1, 0.15) is 52.4 Å². The van der Waals surface area contributed by atoms with E-state index in [2.05, 4.69) is 36.2 Å². The fourth-order valence-corrected chi connectivity index (χ4v) is 4.24. The van der Waals surface area contributed by atoms with E-state index in [9.17, 15) is 0 Å². The van der Waals surface area contributed by atoms with Crippen LogP contribution < -0.4 is 5.32 Å². The summed E-state index contributed by atoms with van der Waals surface area (Å²) in [7, 11) is 0. The van der Waals surface area contributed by atoms with Gasteiger partial charge in [0, 0.05) is 30.7 Å². The third kappa shape index (κ3) is 2.25. The van der Waals surface area contributed by atoms with Gasteiger partial charge in [0.2, 0.25) is 0 Å². The van der Waals surface area contributed by atoms with Gasteiger partial charge in [0.1, 0.15) is 0 Å². The molecule has 1 spiro atoms. The van der Waals surface area contributed by atoms with Crippen molar-refractivity contribution in [1.82, 2.24) is 10.2 Å². The largest absolute Gasteiger partial charge is 0.308 e. The summed E-state index contributed by atoms with van der Waals surface area (Å²) in [5.74, 6) is 0.761. The van der Waals surface area contributed by atoms with Crippen molar-refractivity contribution in [3.8, 4) is 0 Å². The van der Waals surface area contributed by atoms with Gasteiger partial charge >= 0.3 is 0 Å². The highest BCUT2D eigenvalue weighted by molar-refractivity contribution is 5.07. The van der Waals surface area contributed by atoms with Crippen LogP contribution in [0, 0.1) is 5.92 Å². The Kier molecular flexibility index (Phi) is 3.50. The Bertz CT molecular complexity index is 307. The van der Waals surface area contributed by atoms with E-state index in [1.807, 2.05) is 0 Å². The first-order valence-corrected chi connectivity index (χ1v) is 7.86. The quantitative estimate of drug-likeness (QED) is 0.756. The van der Waals surface area contributed by atoms with E-state index >= 15 is 0 Å². The molecule has 0 aromatic carbocycles. The zero-order chi connectivity index (χ0) is 12.6. The van der Waals surface area contributed by atoms with Crippen LogP contribution >= 0.6 is 0 Å². The predicted molar refractivity (Wildman–Crippen MR) is 76.7 cm³/mol. The van der Waals surface area contributed by atoms with Gasteiger partial charge in [-0.1, -0.05) is 38.8 Å². The van der Waals surface area contributed by atoms with Crippen LogP contribution in [-0.4, -0.2) is 35.6 Å². The highest BCUT2D eigenvalue weighted by Gasteiger charge is 2.43. The maximum absolute atomic E-state index is 3.92. The summed E-state index contributed by atoms with van der Waals surface area (Å²) < 4.78 is 0. The lowest BCUT2D eigenvalue weighted by molar-refractivity contribution is 0.0256. The summed E-state index contributed by atoms with van der Waals surface area (Å²) in [6, 6.07) is 1.53. The number of nitrogens with zero attached hydrogens (tertiary/aromatic N) is 1. The summed E-state index contributed by atoms with van der Waals surface area (Å²) >= 11 is 0. The highest BCUT2D eigenvalue weighted by atomic mass is 15.3. The van der Waals surface area contributed by atoms with E-state index in [0.29, 0.717) is 5.54 Å². The normalized spacial score (nSPS) is 32.9. The van der Waals surface area contributed by atoms with Crippen LogP contribution in [0.5, 0.6) is 0 Å². The van der Waals surface area contributed by atoms with Crippen LogP contribution in [0.15, 0.2) is 12.2 Å². The molecular formula is C16H28N2. The van der Waals surface area contributed by atoms with Gasteiger partial charge in [0.15, 0.2) is 0 Å². The van der Waals surface area contributed by atoms with Crippen LogP contribution in [0.2, 0.25) is 0 Å². The molecule has 0 aromatic rings. The molecule has 1 aliphatic heterocycles. The van der Waals surface area contributed by atoms with Crippen LogP contribution in [-0.2, 0) is 0 Å². The average Bonchev–Trinajstić information content (AvgIpc) is 3.00. The lowest BCUT2D eigenvalue weighted by Crippen LogP contribution is -2.66. The first-order valence-electron chi connectivity index (χ1n) is 7.86. The number of nitrogens with one attached hydrogen (secondary N) is 1. The Balaban J connectivity index is 1.75. The monoisotopic (exact) mass is 248 g/mol. The molecule has 0 amide bonds. The molecular weight excluding hydrogens is 220 g/mol. The van der Waals surface area contributed by atoms with Gasteiger partial charge in [0.05, 0.1) is 0 Å². The Morgan fingerprint density at radius 1 is 1.17 bits per heavy atom. The van der Waals surface area contributed by atoms with Crippen molar-refractivity contribution in [3.05, 3.63) is 12.2 Å². The molecule has 2 fully saturated rings. The zero-order valence-corrected chi connectivity index (χ0v) is 12.0. The van der Waals surface area contributed by atoms with Crippen molar-refractivity contribution >= 4 is 0 Å². The molecule has 3 aliphatic rings. The molecule has 1 unspecified atom stereocenters. The maximum Gasteiger partial charge on any atom is 0.0309 e. The smallest absolute Gasteiger partial charge is 0.0309 e. The molecule has 1 saturated carbocycles. The molecule has 1 saturated heterocycles. The fraction of sp³-hybridized carbons (Fsp3) is 0.875. The average molecular weight is 248 g/mol. The lowest BCUT2D eigenvalue weighted by Gasteiger charge is -2.50. The molecule has 2 heteroatoms. The second-order valence-corrected chi connectivity index (χ2v) is 6.95. The third-order valence-corrected chi connectivity index (χ3v) is 5.38. The minimum Gasteiger partial charge on any atom is -0.308 e. The van der Waals surface area contributed by atoms with E-state index in [1.165, 1.54) is 51.6 Å². The fourth-order valence-electron chi connectivity index (χ4n) is 4.24. The Labute approximate surface area is 112 Å². The van der Waals surface area contributed by atoms with Crippen LogP contribution in [0.4, 0.5) is 0 Å². The second kappa shape index (κ2) is 4.97. The van der Waals surface area contributed by atoms with E-state index in [-0.39, 0.29) is 0 Å². The standard InChI is InChI=1S/C16H28N2/c1-13(2)15-11-17-16(9-5-6-10-16)12-18(15)14-7-3-4-8-14/h3-4,13-15,17H,5-12H2,1-2H3. The van der Waals surface area contributed by atoms with Gasteiger partial charge in [-0.3, -0.25) is 4.90 Å². The second-order valence-electron chi connectivity index (χ2n) is 6.95. The van der Waals surface area contributed by atoms with Crippen molar-refractivity contribution in [3.63, 3.8) is 0 Å². The Morgan fingerprint density at radius 3 is 2.44 bits per heavy atom. The highest BCUT2D eigenvalue weighted by Crippen LogP contribution is 2.36. The summed E-state index contributed by atoms with van der Waals surface area (Å²) in [6.45, 7) is 7.26. The number of hydrogen-bond donors (Lipinski definition) is 1. The molecule has 102 valence electrons. The first-order chi connectivity index (χ1) is 8.70. The third-order valence-electron chi connectivity index (χ3n) is 5.38. The van der Waals surface area contributed by atoms with Crippen LogP contribution in [0.25, 0.3) is 0 Å². The SMILES string of the molecule is CC(C)C1CNC2(CCCC2)CN1C1CC=CC1. The van der Waals surface area contributed by atoms with Gasteiger partial charge in [0.25, 0.3) is 0 Å². The summed E-state index contributed by atoms with van der Waals surface area (Å²) in [5.41, 5.74) is 0.466. The number of hydrogen-bond acceptors (Lipinski definition) is 2. The zero-order valence-electron chi connectivity index (χ0n) is 12.0. The van der Waals surface area contributed by atoms with E-state index in [0.717, 1.165) is 18.0 Å². The van der Waals surface area contributed by atoms with Gasteiger partial charge in [-0.15, -0.1) is 0 Å². The maximum atomic E-state index is 3.92. The number of rotatable bonds is 2. The molecule has 1 heterocycles. The van der Waals surface area contributed by atoms with E-state index in [4.69, 9.17) is 0 Å². The van der Waals surface area contributed by atoms with Crippen molar-refractivity contribution in [1.29, 1.82) is 0 Å². The minimum atomic E-state index is 0.466. The van der Waals surface area contributed by atoms with Gasteiger partial charge < -0.3 is 5.32 Å². The van der Waals surface area contributed by atoms with Crippen molar-refractivity contribution in [2.45, 2.75) is 70.0 Å².